The average molecular weight is 493 g/mol. The summed E-state index contributed by atoms with van der Waals surface area (Å²) in [6, 6.07) is 7.80. The summed E-state index contributed by atoms with van der Waals surface area (Å²) in [5.74, 6) is 0.820. The summed E-state index contributed by atoms with van der Waals surface area (Å²) in [6.45, 7) is 6.40. The molecule has 0 radical (unpaired) electrons. The molecule has 0 aromatic heterocycles. The molecule has 1 unspecified atom stereocenters. The Labute approximate surface area is 210 Å². The van der Waals surface area contributed by atoms with Gasteiger partial charge in [0.25, 0.3) is 0 Å². The minimum atomic E-state index is -0.524. The number of hydrogen-bond acceptors (Lipinski definition) is 1. The number of hydrogen-bond donors (Lipinski definition) is 0. The number of rotatable bonds is 13. The van der Waals surface area contributed by atoms with Crippen LogP contribution in [0.5, 0.6) is 5.75 Å². The van der Waals surface area contributed by atoms with E-state index in [0.717, 1.165) is 49.5 Å². The number of ether oxygens (including phenoxy) is 1. The Balaban J connectivity index is 1.45. The molecule has 34 heavy (non-hydrogen) atoms. The second kappa shape index (κ2) is 14.6. The van der Waals surface area contributed by atoms with Crippen LogP contribution in [-0.2, 0) is 0 Å². The molecule has 2 aliphatic rings. The molecule has 194 valence electrons. The highest BCUT2D eigenvalue weighted by atomic mass is 28.3. The smallest absolute Gasteiger partial charge is 0.191 e. The topological polar surface area (TPSA) is 9.23 Å². The highest BCUT2D eigenvalue weighted by Crippen LogP contribution is 2.44. The molecule has 2 fully saturated rings. The number of halogens is 2. The van der Waals surface area contributed by atoms with Crippen molar-refractivity contribution in [3.63, 3.8) is 0 Å². The molecule has 1 atom stereocenters. The van der Waals surface area contributed by atoms with E-state index in [1.54, 1.807) is 30.3 Å². The van der Waals surface area contributed by atoms with Gasteiger partial charge in [-0.25, -0.2) is 8.78 Å². The molecule has 0 spiro atoms. The highest BCUT2D eigenvalue weighted by molar-refractivity contribution is 6.58. The van der Waals surface area contributed by atoms with E-state index >= 15 is 0 Å². The molecular weight excluding hydrogens is 442 g/mol. The fourth-order valence-corrected chi connectivity index (χ4v) is 10.1. The van der Waals surface area contributed by atoms with Crippen molar-refractivity contribution in [1.82, 2.24) is 0 Å². The predicted molar refractivity (Wildman–Crippen MR) is 144 cm³/mol. The Kier molecular flexibility index (Phi) is 11.9. The summed E-state index contributed by atoms with van der Waals surface area (Å²) in [5.41, 5.74) is 0.837. The minimum Gasteiger partial charge on any atom is -0.485 e. The monoisotopic (exact) mass is 492 g/mol. The lowest BCUT2D eigenvalue weighted by Gasteiger charge is -2.37. The molecule has 1 aromatic carbocycles. The Morgan fingerprint density at radius 1 is 0.824 bits per heavy atom. The van der Waals surface area contributed by atoms with Crippen molar-refractivity contribution in [1.29, 1.82) is 0 Å². The third kappa shape index (κ3) is 8.35. The first-order valence-corrected chi connectivity index (χ1v) is 17.1. The zero-order valence-electron chi connectivity index (χ0n) is 22.2. The van der Waals surface area contributed by atoms with E-state index in [4.69, 9.17) is 4.74 Å². The van der Waals surface area contributed by atoms with Crippen LogP contribution in [0.1, 0.15) is 122 Å². The van der Waals surface area contributed by atoms with Gasteiger partial charge in [0.15, 0.2) is 17.4 Å². The lowest BCUT2D eigenvalue weighted by molar-refractivity contribution is 0.187. The van der Waals surface area contributed by atoms with Gasteiger partial charge in [-0.05, 0) is 80.9 Å². The molecule has 0 amide bonds. The second-order valence-electron chi connectivity index (χ2n) is 11.5. The molecule has 3 rings (SSSR count). The van der Waals surface area contributed by atoms with Crippen molar-refractivity contribution in [2.75, 3.05) is 0 Å². The molecule has 1 nitrogen and oxygen atoms in total. The van der Waals surface area contributed by atoms with Crippen molar-refractivity contribution in [2.24, 2.45) is 11.8 Å². The van der Waals surface area contributed by atoms with Crippen LogP contribution >= 0.6 is 0 Å². The van der Waals surface area contributed by atoms with E-state index in [1.165, 1.54) is 57.8 Å². The fourth-order valence-electron chi connectivity index (χ4n) is 6.60. The third-order valence-electron chi connectivity index (χ3n) is 8.82. The molecule has 1 saturated heterocycles. The van der Waals surface area contributed by atoms with Crippen molar-refractivity contribution in [3.05, 3.63) is 29.3 Å². The zero-order valence-corrected chi connectivity index (χ0v) is 23.4. The van der Waals surface area contributed by atoms with Gasteiger partial charge in [0.2, 0.25) is 0 Å². The number of unbranched alkanes of at least 4 members (excludes halogenated alkanes) is 5. The summed E-state index contributed by atoms with van der Waals surface area (Å²) in [4.78, 5) is 0. The standard InChI is InChI=1S/C30H50F2OSi/c1-4-6-8-9-11-23(3)33-30-28(31)21-27(22-29(30)32)25-14-12-24(13-15-25)26-16-19-34(20-17-26)18-10-7-5-2/h21-26,34H,4-20H2,1-3H3. The molecule has 1 saturated carbocycles. The fraction of sp³-hybridized carbons (Fsp3) is 0.800. The summed E-state index contributed by atoms with van der Waals surface area (Å²) in [7, 11) is -0.445. The van der Waals surface area contributed by atoms with E-state index < -0.39 is 20.4 Å². The maximum atomic E-state index is 14.8. The average Bonchev–Trinajstić information content (AvgIpc) is 2.85. The molecule has 0 bridgehead atoms. The SMILES string of the molecule is CCCCCCC(C)Oc1c(F)cc(C2CCC(C3CC[SiH](CCCCC)CC3)CC2)cc1F. The van der Waals surface area contributed by atoms with Crippen LogP contribution in [0.3, 0.4) is 0 Å². The molecule has 0 N–H and O–H groups in total. The van der Waals surface area contributed by atoms with E-state index in [9.17, 15) is 8.78 Å². The van der Waals surface area contributed by atoms with Crippen LogP contribution in [-0.4, -0.2) is 14.9 Å². The van der Waals surface area contributed by atoms with E-state index in [0.29, 0.717) is 5.92 Å². The van der Waals surface area contributed by atoms with E-state index in [-0.39, 0.29) is 11.9 Å². The molecular formula is C30H50F2OSi. The summed E-state index contributed by atoms with van der Waals surface area (Å²) >= 11 is 0. The largest absolute Gasteiger partial charge is 0.485 e. The van der Waals surface area contributed by atoms with Gasteiger partial charge in [0.05, 0.1) is 6.10 Å². The van der Waals surface area contributed by atoms with Crippen molar-refractivity contribution in [3.8, 4) is 5.75 Å². The van der Waals surface area contributed by atoms with Gasteiger partial charge in [0.1, 0.15) is 0 Å². The van der Waals surface area contributed by atoms with Crippen molar-refractivity contribution in [2.45, 2.75) is 141 Å². The molecule has 1 aliphatic carbocycles. The normalized spacial score (nSPS) is 26.4. The van der Waals surface area contributed by atoms with Gasteiger partial charge in [-0.3, -0.25) is 0 Å². The first kappa shape index (κ1) is 27.7. The second-order valence-corrected chi connectivity index (χ2v) is 14.9. The number of benzene rings is 1. The Hall–Kier alpha value is -0.903. The Morgan fingerprint density at radius 3 is 2.03 bits per heavy atom. The van der Waals surface area contributed by atoms with Crippen molar-refractivity contribution < 1.29 is 13.5 Å². The quantitative estimate of drug-likeness (QED) is 0.197. The van der Waals surface area contributed by atoms with Gasteiger partial charge in [0, 0.05) is 8.80 Å². The lowest BCUT2D eigenvalue weighted by atomic mass is 9.72. The van der Waals surface area contributed by atoms with Crippen LogP contribution in [0.25, 0.3) is 0 Å². The van der Waals surface area contributed by atoms with Crippen LogP contribution in [0.4, 0.5) is 8.78 Å². The van der Waals surface area contributed by atoms with Gasteiger partial charge < -0.3 is 4.74 Å². The van der Waals surface area contributed by atoms with Crippen LogP contribution in [0.2, 0.25) is 18.1 Å². The van der Waals surface area contributed by atoms with Crippen LogP contribution in [0.15, 0.2) is 12.1 Å². The molecule has 1 aromatic rings. The van der Waals surface area contributed by atoms with E-state index in [2.05, 4.69) is 13.8 Å². The minimum absolute atomic E-state index is 0.160. The molecule has 1 heterocycles. The Bertz CT molecular complexity index is 685. The van der Waals surface area contributed by atoms with Crippen LogP contribution in [0, 0.1) is 23.5 Å². The first-order valence-electron chi connectivity index (χ1n) is 14.7. The summed E-state index contributed by atoms with van der Waals surface area (Å²) in [5, 5.41) is 0. The van der Waals surface area contributed by atoms with Gasteiger partial charge >= 0.3 is 0 Å². The lowest BCUT2D eigenvalue weighted by Crippen LogP contribution is -2.28. The van der Waals surface area contributed by atoms with Gasteiger partial charge in [-0.1, -0.05) is 83.3 Å². The van der Waals surface area contributed by atoms with Crippen molar-refractivity contribution >= 4 is 8.80 Å². The van der Waals surface area contributed by atoms with E-state index in [1.807, 2.05) is 6.92 Å². The maximum absolute atomic E-state index is 14.8. The highest BCUT2D eigenvalue weighted by Gasteiger charge is 2.32. The van der Waals surface area contributed by atoms with Crippen LogP contribution < -0.4 is 4.74 Å². The summed E-state index contributed by atoms with van der Waals surface area (Å²) in [6.07, 6.45) is 17.0. The first-order chi connectivity index (χ1) is 16.5. The summed E-state index contributed by atoms with van der Waals surface area (Å²) < 4.78 is 35.3. The molecule has 1 aliphatic heterocycles. The molecule has 4 heteroatoms. The third-order valence-corrected chi connectivity index (χ3v) is 12.3. The zero-order chi connectivity index (χ0) is 24.3. The predicted octanol–water partition coefficient (Wildman–Crippen LogP) is 9.80. The Morgan fingerprint density at radius 2 is 1.41 bits per heavy atom. The van der Waals surface area contributed by atoms with Gasteiger partial charge in [-0.2, -0.15) is 0 Å². The maximum Gasteiger partial charge on any atom is 0.191 e. The van der Waals surface area contributed by atoms with Gasteiger partial charge in [-0.15, -0.1) is 0 Å².